The van der Waals surface area contributed by atoms with Gasteiger partial charge in [0.2, 0.25) is 0 Å². The lowest BCUT2D eigenvalue weighted by atomic mass is 10.2. The summed E-state index contributed by atoms with van der Waals surface area (Å²) in [6.45, 7) is 0.142. The lowest BCUT2D eigenvalue weighted by molar-refractivity contribution is -0.143. The molecule has 1 N–H and O–H groups in total. The summed E-state index contributed by atoms with van der Waals surface area (Å²) in [7, 11) is 1.52. The summed E-state index contributed by atoms with van der Waals surface area (Å²) in [5.74, 6) is -1.50. The SMILES string of the molecule is COc1ccc(Cn2c(=O)c3cnc4c(-n5ncc(C(=O)Nc6cnc(-n7nccn7)c(C(F)(F)F)c6)c5C(F)(F)F)ccc2n43)cc1. The number of amides is 1. The number of aromatic nitrogens is 9. The maximum absolute atomic E-state index is 14.6. The van der Waals surface area contributed by atoms with Crippen LogP contribution in [0.3, 0.4) is 0 Å². The molecule has 0 fully saturated rings. The number of carbonyl (C=O) groups is 1. The maximum atomic E-state index is 14.6. The molecule has 1 aromatic carbocycles. The van der Waals surface area contributed by atoms with Crippen molar-refractivity contribution >= 4 is 28.4 Å². The van der Waals surface area contributed by atoms with E-state index in [2.05, 4.69) is 25.3 Å². The summed E-state index contributed by atoms with van der Waals surface area (Å²) >= 11 is 0. The molecule has 6 heterocycles. The number of nitrogens with one attached hydrogen (secondary N) is 1. The molecule has 13 nitrogen and oxygen atoms in total. The third kappa shape index (κ3) is 5.04. The number of imidazole rings is 2. The highest BCUT2D eigenvalue weighted by molar-refractivity contribution is 6.05. The average Bonchev–Trinajstić information content (AvgIpc) is 3.86. The Kier molecular flexibility index (Phi) is 6.91. The fourth-order valence-electron chi connectivity index (χ4n) is 5.29. The largest absolute Gasteiger partial charge is 0.497 e. The van der Waals surface area contributed by atoms with Crippen LogP contribution >= 0.6 is 0 Å². The van der Waals surface area contributed by atoms with E-state index in [1.807, 2.05) is 5.32 Å². The van der Waals surface area contributed by atoms with Crippen LogP contribution in [0, 0.1) is 0 Å². The van der Waals surface area contributed by atoms with Gasteiger partial charge in [0.25, 0.3) is 11.5 Å². The van der Waals surface area contributed by atoms with E-state index in [4.69, 9.17) is 4.74 Å². The van der Waals surface area contributed by atoms with Crippen molar-refractivity contribution in [1.82, 2.24) is 43.7 Å². The van der Waals surface area contributed by atoms with Gasteiger partial charge in [0.05, 0.1) is 55.9 Å². The van der Waals surface area contributed by atoms with Gasteiger partial charge in [0.15, 0.2) is 17.2 Å². The van der Waals surface area contributed by atoms with Gasteiger partial charge < -0.3 is 10.1 Å². The molecule has 0 aliphatic heterocycles. The maximum Gasteiger partial charge on any atom is 0.434 e. The topological polar surface area (TPSA) is 139 Å². The van der Waals surface area contributed by atoms with Crippen molar-refractivity contribution in [1.29, 1.82) is 0 Å². The normalized spacial score (nSPS) is 12.3. The van der Waals surface area contributed by atoms with Crippen LogP contribution in [-0.2, 0) is 18.9 Å². The molecule has 19 heteroatoms. The number of nitrogens with zero attached hydrogens (tertiary/aromatic N) is 9. The highest BCUT2D eigenvalue weighted by atomic mass is 19.4. The summed E-state index contributed by atoms with van der Waals surface area (Å²) in [6.07, 6.45) is -5.23. The van der Waals surface area contributed by atoms with E-state index in [0.717, 1.165) is 24.2 Å². The van der Waals surface area contributed by atoms with Crippen molar-refractivity contribution < 1.29 is 35.9 Å². The summed E-state index contributed by atoms with van der Waals surface area (Å²) in [4.78, 5) is 34.9. The Labute approximate surface area is 263 Å². The number of pyridine rings is 2. The molecule has 0 bridgehead atoms. The van der Waals surface area contributed by atoms with Crippen molar-refractivity contribution in [3.8, 4) is 17.3 Å². The number of ether oxygens (including phenoxy) is 1. The molecule has 6 aromatic heterocycles. The zero-order chi connectivity index (χ0) is 34.0. The van der Waals surface area contributed by atoms with Gasteiger partial charge in [0.1, 0.15) is 28.2 Å². The number of halogens is 6. The molecule has 7 rings (SSSR count). The summed E-state index contributed by atoms with van der Waals surface area (Å²) in [5.41, 5.74) is -3.94. The second-order valence-corrected chi connectivity index (χ2v) is 10.3. The van der Waals surface area contributed by atoms with E-state index in [1.165, 1.54) is 34.4 Å². The van der Waals surface area contributed by atoms with Crippen LogP contribution in [0.4, 0.5) is 32.0 Å². The molecular weight excluding hydrogens is 650 g/mol. The van der Waals surface area contributed by atoms with Gasteiger partial charge in [-0.2, -0.15) is 41.6 Å². The van der Waals surface area contributed by atoms with E-state index in [9.17, 15) is 35.9 Å². The molecule has 7 aromatic rings. The number of carbonyl (C=O) groups excluding carboxylic acids is 1. The standard InChI is InChI=1S/C29H18F6N10O3/c1-48-17-4-2-15(3-5-17)14-42-22-7-6-20(25-37-13-21(27(42)47)43(22)25)44-23(29(33,34)35)18(12-40-44)26(46)41-16-10-19(28(30,31)32)24(36-11-16)45-38-8-9-39-45/h2-13H,14H2,1H3,(H,41,46). The average molecular weight is 669 g/mol. The number of alkyl halides is 6. The second-order valence-electron chi connectivity index (χ2n) is 10.3. The van der Waals surface area contributed by atoms with Crippen LogP contribution in [0.5, 0.6) is 5.75 Å². The van der Waals surface area contributed by atoms with E-state index >= 15 is 0 Å². The highest BCUT2D eigenvalue weighted by Gasteiger charge is 2.42. The van der Waals surface area contributed by atoms with Crippen molar-refractivity contribution in [3.05, 3.63) is 106 Å². The second kappa shape index (κ2) is 10.9. The van der Waals surface area contributed by atoms with Crippen molar-refractivity contribution in [2.75, 3.05) is 12.4 Å². The van der Waals surface area contributed by atoms with Crippen LogP contribution < -0.4 is 15.6 Å². The zero-order valence-corrected chi connectivity index (χ0v) is 24.2. The minimum absolute atomic E-state index is 0.0597. The van der Waals surface area contributed by atoms with Crippen molar-refractivity contribution in [3.63, 3.8) is 0 Å². The Hall–Kier alpha value is -6.27. The summed E-state index contributed by atoms with van der Waals surface area (Å²) in [6, 6.07) is 10.2. The quantitative estimate of drug-likeness (QED) is 0.244. The van der Waals surface area contributed by atoms with E-state index in [-0.39, 0.29) is 23.4 Å². The molecule has 0 saturated carbocycles. The lowest BCUT2D eigenvalue weighted by Crippen LogP contribution is -2.22. The molecular formula is C29H18F6N10O3. The number of methoxy groups -OCH3 is 1. The molecule has 244 valence electrons. The predicted octanol–water partition coefficient (Wildman–Crippen LogP) is 4.60. The minimum atomic E-state index is -5.17. The fourth-order valence-corrected chi connectivity index (χ4v) is 5.29. The van der Waals surface area contributed by atoms with E-state index in [0.29, 0.717) is 33.1 Å². The highest BCUT2D eigenvalue weighted by Crippen LogP contribution is 2.37. The van der Waals surface area contributed by atoms with Crippen molar-refractivity contribution in [2.45, 2.75) is 18.9 Å². The number of hydrogen-bond donors (Lipinski definition) is 1. The summed E-state index contributed by atoms with van der Waals surface area (Å²) < 4.78 is 93.5. The number of hydrogen-bond acceptors (Lipinski definition) is 8. The first-order chi connectivity index (χ1) is 22.8. The van der Waals surface area contributed by atoms with E-state index in [1.54, 1.807) is 24.3 Å². The molecule has 0 radical (unpaired) electrons. The fraction of sp³-hybridized carbons (Fsp3) is 0.138. The number of rotatable bonds is 7. The molecule has 0 saturated heterocycles. The van der Waals surface area contributed by atoms with Gasteiger partial charge >= 0.3 is 12.4 Å². The van der Waals surface area contributed by atoms with Crippen LogP contribution in [0.25, 0.3) is 28.3 Å². The molecule has 0 unspecified atom stereocenters. The zero-order valence-electron chi connectivity index (χ0n) is 24.2. The Morgan fingerprint density at radius 3 is 2.29 bits per heavy atom. The smallest absolute Gasteiger partial charge is 0.434 e. The molecule has 0 atom stereocenters. The first-order valence-corrected chi connectivity index (χ1v) is 13.7. The Balaban J connectivity index is 1.27. The van der Waals surface area contributed by atoms with Crippen LogP contribution in [0.1, 0.15) is 27.2 Å². The van der Waals surface area contributed by atoms with Gasteiger partial charge in [-0.05, 0) is 35.9 Å². The van der Waals surface area contributed by atoms with Crippen LogP contribution in [-0.4, -0.2) is 56.7 Å². The summed E-state index contributed by atoms with van der Waals surface area (Å²) in [5, 5.41) is 13.1. The minimum Gasteiger partial charge on any atom is -0.497 e. The Morgan fingerprint density at radius 2 is 1.62 bits per heavy atom. The van der Waals surface area contributed by atoms with Gasteiger partial charge in [-0.15, -0.1) is 4.80 Å². The first kappa shape index (κ1) is 30.4. The van der Waals surface area contributed by atoms with Gasteiger partial charge in [-0.25, -0.2) is 14.6 Å². The van der Waals surface area contributed by atoms with E-state index < -0.39 is 52.1 Å². The van der Waals surface area contributed by atoms with Gasteiger partial charge in [-0.1, -0.05) is 12.1 Å². The molecule has 1 amide bonds. The predicted molar refractivity (Wildman–Crippen MR) is 154 cm³/mol. The van der Waals surface area contributed by atoms with Crippen molar-refractivity contribution in [2.24, 2.45) is 0 Å². The Bertz CT molecular complexity index is 2360. The molecule has 0 aliphatic carbocycles. The lowest BCUT2D eigenvalue weighted by Gasteiger charge is -2.15. The third-order valence-electron chi connectivity index (χ3n) is 7.40. The van der Waals surface area contributed by atoms with Crippen LogP contribution in [0.2, 0.25) is 0 Å². The number of anilines is 1. The van der Waals surface area contributed by atoms with Gasteiger partial charge in [-0.3, -0.25) is 18.6 Å². The third-order valence-corrected chi connectivity index (χ3v) is 7.40. The first-order valence-electron chi connectivity index (χ1n) is 13.7. The van der Waals surface area contributed by atoms with Gasteiger partial charge in [0, 0.05) is 0 Å². The van der Waals surface area contributed by atoms with Crippen LogP contribution in [0.15, 0.2) is 78.2 Å². The molecule has 48 heavy (non-hydrogen) atoms. The molecule has 0 aliphatic rings. The monoisotopic (exact) mass is 668 g/mol. The Morgan fingerprint density at radius 1 is 0.896 bits per heavy atom. The number of benzene rings is 1. The molecule has 0 spiro atoms.